The lowest BCUT2D eigenvalue weighted by molar-refractivity contribution is -0.152. The molecule has 0 bridgehead atoms. The number of carbonyl (C=O) groups excluding carboxylic acids is 2. The van der Waals surface area contributed by atoms with Gasteiger partial charge in [0, 0.05) is 28.1 Å². The molecule has 0 aliphatic carbocycles. The Morgan fingerprint density at radius 2 is 1.56 bits per heavy atom. The van der Waals surface area contributed by atoms with Gasteiger partial charge in [-0.15, -0.1) is 0 Å². The zero-order valence-corrected chi connectivity index (χ0v) is 18.4. The van der Waals surface area contributed by atoms with Crippen LogP contribution in [-0.2, 0) is 19.9 Å². The van der Waals surface area contributed by atoms with Gasteiger partial charge < -0.3 is 9.72 Å². The smallest absolute Gasteiger partial charge is 0.319 e. The van der Waals surface area contributed by atoms with Crippen molar-refractivity contribution in [2.45, 2.75) is 32.3 Å². The summed E-state index contributed by atoms with van der Waals surface area (Å²) in [6.45, 7) is 5.79. The average Bonchev–Trinajstić information content (AvgIpc) is 3.24. The number of fused-ring (bicyclic) bond motifs is 1. The van der Waals surface area contributed by atoms with Gasteiger partial charge in [0.15, 0.2) is 11.4 Å². The standard InChI is InChI=1S/C28H25NO3/c1-17-14-15-21-18(2)25(29-22(21)16-17)23(19-10-6-4-7-11-19)24-26(30)28(3,32-27(24)31)20-12-8-5-9-13-20/h4-16,23-24,29H,1-3H3/t23?,24?,28-/m1/s1. The Balaban J connectivity index is 1.69. The van der Waals surface area contributed by atoms with Crippen molar-refractivity contribution in [1.82, 2.24) is 4.98 Å². The summed E-state index contributed by atoms with van der Waals surface area (Å²) in [5.74, 6) is -2.09. The lowest BCUT2D eigenvalue weighted by Crippen LogP contribution is -2.33. The first-order chi connectivity index (χ1) is 15.4. The van der Waals surface area contributed by atoms with Crippen molar-refractivity contribution in [2.24, 2.45) is 5.92 Å². The number of carbonyl (C=O) groups is 2. The molecular formula is C28H25NO3. The van der Waals surface area contributed by atoms with Crippen LogP contribution in [0.2, 0.25) is 0 Å². The van der Waals surface area contributed by atoms with Crippen LogP contribution in [0.5, 0.6) is 0 Å². The second kappa shape index (κ2) is 7.49. The average molecular weight is 424 g/mol. The Hall–Kier alpha value is -3.66. The summed E-state index contributed by atoms with van der Waals surface area (Å²) in [4.78, 5) is 30.7. The molecule has 32 heavy (non-hydrogen) atoms. The number of ether oxygens (including phenoxy) is 1. The van der Waals surface area contributed by atoms with E-state index in [1.54, 1.807) is 6.92 Å². The first-order valence-electron chi connectivity index (χ1n) is 10.9. The summed E-state index contributed by atoms with van der Waals surface area (Å²) < 4.78 is 5.81. The molecule has 4 nitrogen and oxygen atoms in total. The van der Waals surface area contributed by atoms with Crippen molar-refractivity contribution in [2.75, 3.05) is 0 Å². The third-order valence-electron chi connectivity index (χ3n) is 6.69. The Morgan fingerprint density at radius 3 is 2.25 bits per heavy atom. The van der Waals surface area contributed by atoms with Gasteiger partial charge in [-0.25, -0.2) is 0 Å². The lowest BCUT2D eigenvalue weighted by atomic mass is 9.76. The first kappa shape index (κ1) is 20.3. The Morgan fingerprint density at radius 1 is 0.906 bits per heavy atom. The van der Waals surface area contributed by atoms with Crippen LogP contribution in [0.25, 0.3) is 10.9 Å². The van der Waals surface area contributed by atoms with Crippen molar-refractivity contribution in [3.8, 4) is 0 Å². The van der Waals surface area contributed by atoms with Crippen LogP contribution in [0.4, 0.5) is 0 Å². The highest BCUT2D eigenvalue weighted by molar-refractivity contribution is 6.10. The molecule has 2 unspecified atom stereocenters. The van der Waals surface area contributed by atoms with E-state index in [0.29, 0.717) is 5.56 Å². The molecule has 1 N–H and O–H groups in total. The summed E-state index contributed by atoms with van der Waals surface area (Å²) in [5.41, 5.74) is 4.37. The highest BCUT2D eigenvalue weighted by Gasteiger charge is 2.56. The van der Waals surface area contributed by atoms with Crippen molar-refractivity contribution < 1.29 is 14.3 Å². The molecule has 0 amide bonds. The summed E-state index contributed by atoms with van der Waals surface area (Å²) in [6.07, 6.45) is 0. The van der Waals surface area contributed by atoms with Gasteiger partial charge in [-0.05, 0) is 43.5 Å². The fourth-order valence-electron chi connectivity index (χ4n) is 4.93. The number of rotatable bonds is 4. The van der Waals surface area contributed by atoms with Gasteiger partial charge in [-0.2, -0.15) is 0 Å². The zero-order valence-electron chi connectivity index (χ0n) is 18.4. The largest absolute Gasteiger partial charge is 0.446 e. The highest BCUT2D eigenvalue weighted by Crippen LogP contribution is 2.46. The third kappa shape index (κ3) is 3.06. The van der Waals surface area contributed by atoms with E-state index in [4.69, 9.17) is 4.74 Å². The summed E-state index contributed by atoms with van der Waals surface area (Å²) >= 11 is 0. The van der Waals surface area contributed by atoms with Gasteiger partial charge in [0.1, 0.15) is 5.92 Å². The molecule has 1 aliphatic heterocycles. The van der Waals surface area contributed by atoms with Crippen molar-refractivity contribution in [3.63, 3.8) is 0 Å². The predicted molar refractivity (Wildman–Crippen MR) is 124 cm³/mol. The number of benzene rings is 3. The fourth-order valence-corrected chi connectivity index (χ4v) is 4.93. The highest BCUT2D eigenvalue weighted by atomic mass is 16.6. The van der Waals surface area contributed by atoms with Gasteiger partial charge in [0.25, 0.3) is 0 Å². The van der Waals surface area contributed by atoms with E-state index in [2.05, 4.69) is 23.2 Å². The second-order valence-electron chi connectivity index (χ2n) is 8.76. The van der Waals surface area contributed by atoms with Crippen LogP contribution in [0.3, 0.4) is 0 Å². The Bertz CT molecular complexity index is 1320. The summed E-state index contributed by atoms with van der Waals surface area (Å²) in [5, 5.41) is 1.09. The number of cyclic esters (lactones) is 1. The van der Waals surface area contributed by atoms with Gasteiger partial charge in [0.2, 0.25) is 0 Å². The number of esters is 1. The molecule has 0 saturated carbocycles. The number of nitrogens with one attached hydrogen (secondary N) is 1. The molecule has 160 valence electrons. The minimum Gasteiger partial charge on any atom is -0.446 e. The van der Waals surface area contributed by atoms with E-state index in [0.717, 1.165) is 33.3 Å². The van der Waals surface area contributed by atoms with Crippen LogP contribution < -0.4 is 0 Å². The van der Waals surface area contributed by atoms with Crippen LogP contribution >= 0.6 is 0 Å². The number of ketones is 1. The molecule has 1 aromatic heterocycles. The zero-order chi connectivity index (χ0) is 22.5. The van der Waals surface area contributed by atoms with E-state index in [1.165, 1.54) is 0 Å². The van der Waals surface area contributed by atoms with Crippen molar-refractivity contribution >= 4 is 22.7 Å². The molecule has 1 fully saturated rings. The molecule has 3 atom stereocenters. The minimum atomic E-state index is -1.30. The van der Waals surface area contributed by atoms with Crippen LogP contribution in [0, 0.1) is 19.8 Å². The van der Waals surface area contributed by atoms with E-state index in [1.807, 2.05) is 74.5 Å². The van der Waals surface area contributed by atoms with E-state index < -0.39 is 23.4 Å². The first-order valence-corrected chi connectivity index (χ1v) is 10.9. The molecule has 2 heterocycles. The van der Waals surface area contributed by atoms with Gasteiger partial charge in [0.05, 0.1) is 0 Å². The number of H-pyrrole nitrogens is 1. The molecule has 0 radical (unpaired) electrons. The molecule has 5 rings (SSSR count). The molecule has 1 aliphatic rings. The normalized spacial score (nSPS) is 21.7. The Kier molecular flexibility index (Phi) is 4.74. The fraction of sp³-hybridized carbons (Fsp3) is 0.214. The molecular weight excluding hydrogens is 398 g/mol. The van der Waals surface area contributed by atoms with Crippen molar-refractivity contribution in [3.05, 3.63) is 107 Å². The summed E-state index contributed by atoms with van der Waals surface area (Å²) in [6, 6.07) is 25.3. The predicted octanol–water partition coefficient (Wildman–Crippen LogP) is 5.57. The van der Waals surface area contributed by atoms with Gasteiger partial charge in [-0.3, -0.25) is 9.59 Å². The van der Waals surface area contributed by atoms with E-state index >= 15 is 0 Å². The third-order valence-corrected chi connectivity index (χ3v) is 6.69. The number of Topliss-reactive ketones (excluding diaryl/α,β-unsaturated/α-hetero) is 1. The minimum absolute atomic E-state index is 0.211. The molecule has 0 spiro atoms. The lowest BCUT2D eigenvalue weighted by Gasteiger charge is -2.23. The van der Waals surface area contributed by atoms with Crippen LogP contribution in [0.15, 0.2) is 78.9 Å². The molecule has 3 aromatic carbocycles. The van der Waals surface area contributed by atoms with E-state index in [9.17, 15) is 9.59 Å². The SMILES string of the molecule is Cc1ccc2c(C)c(C(c3ccccc3)C3C(=O)O[C@](C)(c4ccccc4)C3=O)[nH]c2c1. The monoisotopic (exact) mass is 423 g/mol. The summed E-state index contributed by atoms with van der Waals surface area (Å²) in [7, 11) is 0. The number of aromatic nitrogens is 1. The topological polar surface area (TPSA) is 59.2 Å². The maximum absolute atomic E-state index is 13.8. The number of hydrogen-bond donors (Lipinski definition) is 1. The molecule has 4 heteroatoms. The number of hydrogen-bond acceptors (Lipinski definition) is 3. The van der Waals surface area contributed by atoms with Gasteiger partial charge >= 0.3 is 5.97 Å². The van der Waals surface area contributed by atoms with E-state index in [-0.39, 0.29) is 5.78 Å². The van der Waals surface area contributed by atoms with Crippen molar-refractivity contribution in [1.29, 1.82) is 0 Å². The second-order valence-corrected chi connectivity index (χ2v) is 8.76. The number of aryl methyl sites for hydroxylation is 2. The Labute approximate surface area is 187 Å². The molecule has 4 aromatic rings. The quantitative estimate of drug-likeness (QED) is 0.345. The number of aromatic amines is 1. The maximum atomic E-state index is 13.8. The van der Waals surface area contributed by atoms with Gasteiger partial charge in [-0.1, -0.05) is 72.8 Å². The molecule has 1 saturated heterocycles. The van der Waals surface area contributed by atoms with Crippen LogP contribution in [0.1, 0.15) is 40.8 Å². The maximum Gasteiger partial charge on any atom is 0.319 e. The van der Waals surface area contributed by atoms with Crippen LogP contribution in [-0.4, -0.2) is 16.7 Å².